The fourth-order valence-corrected chi connectivity index (χ4v) is 1.50. The first-order valence-electron chi connectivity index (χ1n) is 5.67. The van der Waals surface area contributed by atoms with Crippen LogP contribution in [0.1, 0.15) is 18.9 Å². The number of carbonyl (C=O) groups excluding carboxylic acids is 1. The zero-order valence-electron chi connectivity index (χ0n) is 10.8. The van der Waals surface area contributed by atoms with Crippen molar-refractivity contribution in [2.75, 3.05) is 13.7 Å². The van der Waals surface area contributed by atoms with E-state index in [4.69, 9.17) is 26.8 Å². The van der Waals surface area contributed by atoms with Crippen LogP contribution >= 0.6 is 11.6 Å². The summed E-state index contributed by atoms with van der Waals surface area (Å²) in [5.74, 6) is 1.10. The van der Waals surface area contributed by atoms with E-state index in [9.17, 15) is 4.79 Å². The van der Waals surface area contributed by atoms with Gasteiger partial charge in [0.15, 0.2) is 11.5 Å². The summed E-state index contributed by atoms with van der Waals surface area (Å²) in [7, 11) is 1.53. The Kier molecular flexibility index (Phi) is 5.95. The second-order valence-electron chi connectivity index (χ2n) is 3.61. The number of nitrogens with zero attached hydrogens (tertiary/aromatic N) is 1. The Labute approximate surface area is 116 Å². The number of nitrogens with two attached hydrogens (primary N) is 1. The van der Waals surface area contributed by atoms with E-state index in [1.54, 1.807) is 12.1 Å². The number of hydrogen-bond donors (Lipinski definition) is 2. The number of primary amides is 1. The highest BCUT2D eigenvalue weighted by atomic mass is 35.5. The highest BCUT2D eigenvalue weighted by Gasteiger charge is 2.09. The molecule has 0 aliphatic heterocycles. The van der Waals surface area contributed by atoms with E-state index in [2.05, 4.69) is 10.5 Å². The summed E-state index contributed by atoms with van der Waals surface area (Å²) < 4.78 is 10.7. The van der Waals surface area contributed by atoms with Gasteiger partial charge >= 0.3 is 6.03 Å². The van der Waals surface area contributed by atoms with E-state index in [-0.39, 0.29) is 0 Å². The molecule has 0 aliphatic rings. The van der Waals surface area contributed by atoms with Crippen molar-refractivity contribution in [3.63, 3.8) is 0 Å². The fraction of sp³-hybridized carbons (Fsp3) is 0.333. The summed E-state index contributed by atoms with van der Waals surface area (Å²) in [5, 5.41) is 4.07. The van der Waals surface area contributed by atoms with Crippen molar-refractivity contribution in [1.29, 1.82) is 0 Å². The monoisotopic (exact) mass is 285 g/mol. The van der Waals surface area contributed by atoms with Crippen molar-refractivity contribution < 1.29 is 14.3 Å². The van der Waals surface area contributed by atoms with Crippen LogP contribution in [0, 0.1) is 0 Å². The number of methoxy groups -OCH3 is 1. The predicted molar refractivity (Wildman–Crippen MR) is 74.1 cm³/mol. The van der Waals surface area contributed by atoms with Crippen molar-refractivity contribution in [2.45, 2.75) is 13.3 Å². The van der Waals surface area contributed by atoms with E-state index in [0.717, 1.165) is 6.42 Å². The normalized spacial score (nSPS) is 10.5. The van der Waals surface area contributed by atoms with Gasteiger partial charge in [0.2, 0.25) is 0 Å². The van der Waals surface area contributed by atoms with Crippen molar-refractivity contribution in [3.05, 3.63) is 22.7 Å². The minimum absolute atomic E-state index is 0.432. The standard InChI is InChI=1S/C12H16ClN3O3/c1-3-4-19-11-6-9(13)8(5-10(11)18-2)7-15-16-12(14)17/h5-7H,3-4H2,1-2H3,(H3,14,16,17). The number of ether oxygens (including phenoxy) is 2. The zero-order chi connectivity index (χ0) is 14.3. The molecule has 0 aromatic heterocycles. The van der Waals surface area contributed by atoms with Crippen LogP contribution in [0.25, 0.3) is 0 Å². The second kappa shape index (κ2) is 7.48. The minimum atomic E-state index is -0.748. The number of nitrogens with one attached hydrogen (secondary N) is 1. The van der Waals surface area contributed by atoms with Crippen LogP contribution < -0.4 is 20.6 Å². The topological polar surface area (TPSA) is 85.9 Å². The molecular weight excluding hydrogens is 270 g/mol. The highest BCUT2D eigenvalue weighted by Crippen LogP contribution is 2.32. The van der Waals surface area contributed by atoms with E-state index in [1.807, 2.05) is 6.92 Å². The summed E-state index contributed by atoms with van der Waals surface area (Å²) in [6, 6.07) is 2.56. The molecule has 0 spiro atoms. The van der Waals surface area contributed by atoms with Gasteiger partial charge in [0.25, 0.3) is 0 Å². The van der Waals surface area contributed by atoms with Crippen LogP contribution in [0.5, 0.6) is 11.5 Å². The molecule has 6 nitrogen and oxygen atoms in total. The van der Waals surface area contributed by atoms with Gasteiger partial charge in [-0.15, -0.1) is 0 Å². The first kappa shape index (κ1) is 15.1. The average Bonchev–Trinajstić information content (AvgIpc) is 2.38. The molecule has 0 radical (unpaired) electrons. The van der Waals surface area contributed by atoms with Gasteiger partial charge in [-0.2, -0.15) is 5.10 Å². The van der Waals surface area contributed by atoms with Crippen molar-refractivity contribution in [2.24, 2.45) is 10.8 Å². The molecular formula is C12H16ClN3O3. The number of carbonyl (C=O) groups is 1. The zero-order valence-corrected chi connectivity index (χ0v) is 11.5. The molecule has 0 aliphatic carbocycles. The van der Waals surface area contributed by atoms with E-state index in [1.165, 1.54) is 13.3 Å². The molecule has 1 aromatic carbocycles. The summed E-state index contributed by atoms with van der Waals surface area (Å²) >= 11 is 6.08. The molecule has 0 saturated heterocycles. The Balaban J connectivity index is 2.95. The second-order valence-corrected chi connectivity index (χ2v) is 4.01. The lowest BCUT2D eigenvalue weighted by molar-refractivity contribution is 0.249. The summed E-state index contributed by atoms with van der Waals surface area (Å²) in [4.78, 5) is 10.5. The largest absolute Gasteiger partial charge is 0.493 e. The number of amides is 2. The molecule has 2 amide bonds. The SMILES string of the molecule is CCCOc1cc(Cl)c(C=NNC(N)=O)cc1OC. The van der Waals surface area contributed by atoms with Crippen molar-refractivity contribution in [1.82, 2.24) is 5.43 Å². The average molecular weight is 286 g/mol. The molecule has 7 heteroatoms. The molecule has 1 aromatic rings. The molecule has 0 fully saturated rings. The molecule has 104 valence electrons. The molecule has 19 heavy (non-hydrogen) atoms. The molecule has 1 rings (SSSR count). The van der Waals surface area contributed by atoms with Crippen molar-refractivity contribution in [3.8, 4) is 11.5 Å². The van der Waals surface area contributed by atoms with Crippen LogP contribution in [0.4, 0.5) is 4.79 Å². The third-order valence-electron chi connectivity index (χ3n) is 2.12. The van der Waals surface area contributed by atoms with Gasteiger partial charge in [-0.1, -0.05) is 18.5 Å². The molecule has 3 N–H and O–H groups in total. The van der Waals surface area contributed by atoms with Gasteiger partial charge in [0.1, 0.15) is 0 Å². The Morgan fingerprint density at radius 3 is 2.84 bits per heavy atom. The quantitative estimate of drug-likeness (QED) is 0.620. The van der Waals surface area contributed by atoms with E-state index in [0.29, 0.717) is 28.7 Å². The predicted octanol–water partition coefficient (Wildman–Crippen LogP) is 2.14. The lowest BCUT2D eigenvalue weighted by Gasteiger charge is -2.11. The number of hydrogen-bond acceptors (Lipinski definition) is 4. The summed E-state index contributed by atoms with van der Waals surface area (Å²) in [5.41, 5.74) is 7.55. The Hall–Kier alpha value is -1.95. The van der Waals surface area contributed by atoms with Gasteiger partial charge in [0.05, 0.1) is 25.0 Å². The van der Waals surface area contributed by atoms with Gasteiger partial charge < -0.3 is 15.2 Å². The molecule has 0 saturated carbocycles. The van der Waals surface area contributed by atoms with Crippen LogP contribution in [0.3, 0.4) is 0 Å². The molecule has 0 heterocycles. The Morgan fingerprint density at radius 2 is 2.26 bits per heavy atom. The smallest absolute Gasteiger partial charge is 0.332 e. The lowest BCUT2D eigenvalue weighted by Crippen LogP contribution is -2.24. The molecule has 0 atom stereocenters. The Bertz CT molecular complexity index is 478. The summed E-state index contributed by atoms with van der Waals surface area (Å²) in [6.45, 7) is 2.58. The number of urea groups is 1. The summed E-state index contributed by atoms with van der Waals surface area (Å²) in [6.07, 6.45) is 2.26. The maximum Gasteiger partial charge on any atom is 0.332 e. The first-order chi connectivity index (χ1) is 9.08. The number of hydrazone groups is 1. The molecule has 0 unspecified atom stereocenters. The third kappa shape index (κ3) is 4.67. The van der Waals surface area contributed by atoms with Crippen LogP contribution in [-0.2, 0) is 0 Å². The van der Waals surface area contributed by atoms with E-state index < -0.39 is 6.03 Å². The van der Waals surface area contributed by atoms with Gasteiger partial charge in [-0.05, 0) is 12.5 Å². The number of rotatable bonds is 6. The van der Waals surface area contributed by atoms with Crippen LogP contribution in [0.2, 0.25) is 5.02 Å². The number of benzene rings is 1. The maximum absolute atomic E-state index is 10.5. The van der Waals surface area contributed by atoms with Gasteiger partial charge in [-0.3, -0.25) is 0 Å². The highest BCUT2D eigenvalue weighted by molar-refractivity contribution is 6.33. The lowest BCUT2D eigenvalue weighted by atomic mass is 10.2. The number of halogens is 1. The van der Waals surface area contributed by atoms with Crippen molar-refractivity contribution >= 4 is 23.8 Å². The van der Waals surface area contributed by atoms with Gasteiger partial charge in [-0.25, -0.2) is 10.2 Å². The Morgan fingerprint density at radius 1 is 1.53 bits per heavy atom. The van der Waals surface area contributed by atoms with E-state index >= 15 is 0 Å². The fourth-order valence-electron chi connectivity index (χ4n) is 1.30. The first-order valence-corrected chi connectivity index (χ1v) is 6.05. The molecule has 0 bridgehead atoms. The maximum atomic E-state index is 10.5. The van der Waals surface area contributed by atoms with Crippen LogP contribution in [-0.4, -0.2) is 26.0 Å². The van der Waals surface area contributed by atoms with Gasteiger partial charge in [0, 0.05) is 11.6 Å². The minimum Gasteiger partial charge on any atom is -0.493 e. The van der Waals surface area contributed by atoms with Crippen LogP contribution in [0.15, 0.2) is 17.2 Å². The third-order valence-corrected chi connectivity index (χ3v) is 2.45.